The molecule has 3 rings (SSSR count). The lowest BCUT2D eigenvalue weighted by Gasteiger charge is -2.18. The minimum atomic E-state index is 0.701. The number of halogens is 1. The van der Waals surface area contributed by atoms with Crippen LogP contribution in [0.25, 0.3) is 0 Å². The number of rotatable bonds is 3. The smallest absolute Gasteiger partial charge is 0.135 e. The molecule has 2 aromatic carbocycles. The third-order valence-corrected chi connectivity index (χ3v) is 4.85. The van der Waals surface area contributed by atoms with Crippen molar-refractivity contribution in [1.82, 2.24) is 4.31 Å². The molecular weight excluding hydrogens is 350 g/mol. The Labute approximate surface area is 137 Å². The Morgan fingerprint density at radius 2 is 2.05 bits per heavy atom. The Kier molecular flexibility index (Phi) is 4.73. The molecule has 0 amide bonds. The van der Waals surface area contributed by atoms with Crippen LogP contribution in [0, 0.1) is 0 Å². The fourth-order valence-corrected chi connectivity index (χ4v) is 3.49. The summed E-state index contributed by atoms with van der Waals surface area (Å²) >= 11 is 5.23. The monoisotopic (exact) mass is 365 g/mol. The van der Waals surface area contributed by atoms with Crippen LogP contribution in [-0.2, 0) is 6.54 Å². The van der Waals surface area contributed by atoms with Crippen LogP contribution in [-0.4, -0.2) is 24.6 Å². The maximum Gasteiger partial charge on any atom is 0.135 e. The summed E-state index contributed by atoms with van der Waals surface area (Å²) in [4.78, 5) is 1.16. The summed E-state index contributed by atoms with van der Waals surface area (Å²) in [5.74, 6) is 1.84. The molecule has 0 fully saturated rings. The van der Waals surface area contributed by atoms with E-state index in [2.05, 4.69) is 38.4 Å². The molecule has 0 saturated heterocycles. The molecule has 2 aromatic rings. The first-order valence-corrected chi connectivity index (χ1v) is 8.29. The van der Waals surface area contributed by atoms with Crippen molar-refractivity contribution in [1.29, 1.82) is 0 Å². The molecule has 0 bridgehead atoms. The maximum atomic E-state index is 5.82. The third-order valence-electron chi connectivity index (χ3n) is 3.25. The number of fused-ring (bicyclic) bond motifs is 1. The van der Waals surface area contributed by atoms with Crippen LogP contribution in [0.1, 0.15) is 5.56 Å². The molecule has 0 aliphatic carbocycles. The van der Waals surface area contributed by atoms with Crippen molar-refractivity contribution in [3.63, 3.8) is 0 Å². The maximum absolute atomic E-state index is 5.82. The van der Waals surface area contributed by atoms with Crippen LogP contribution in [0.3, 0.4) is 0 Å². The fraction of sp³-hybridized carbons (Fsp3) is 0.250. The summed E-state index contributed by atoms with van der Waals surface area (Å²) in [6.07, 6.45) is 0. The molecule has 0 saturated carbocycles. The summed E-state index contributed by atoms with van der Waals surface area (Å²) in [5, 5.41) is 0. The first-order valence-electron chi connectivity index (χ1n) is 6.73. The number of methoxy groups -OCH3 is 1. The van der Waals surface area contributed by atoms with Crippen LogP contribution in [0.15, 0.2) is 51.8 Å². The Morgan fingerprint density at radius 3 is 2.81 bits per heavy atom. The summed E-state index contributed by atoms with van der Waals surface area (Å²) in [7, 11) is 1.69. The molecule has 5 heteroatoms. The molecule has 0 radical (unpaired) electrons. The quantitative estimate of drug-likeness (QED) is 0.753. The van der Waals surface area contributed by atoms with Crippen molar-refractivity contribution < 1.29 is 9.47 Å². The molecule has 0 unspecified atom stereocenters. The van der Waals surface area contributed by atoms with Gasteiger partial charge in [-0.15, -0.1) is 0 Å². The van der Waals surface area contributed by atoms with Crippen molar-refractivity contribution in [2.75, 3.05) is 20.3 Å². The van der Waals surface area contributed by atoms with E-state index in [1.54, 1.807) is 19.1 Å². The largest absolute Gasteiger partial charge is 0.497 e. The van der Waals surface area contributed by atoms with E-state index in [-0.39, 0.29) is 0 Å². The van der Waals surface area contributed by atoms with E-state index in [4.69, 9.17) is 9.47 Å². The van der Waals surface area contributed by atoms with Gasteiger partial charge in [0.25, 0.3) is 0 Å². The van der Waals surface area contributed by atoms with Gasteiger partial charge in [0.1, 0.15) is 18.1 Å². The van der Waals surface area contributed by atoms with Gasteiger partial charge in [-0.1, -0.05) is 28.1 Å². The average molecular weight is 366 g/mol. The van der Waals surface area contributed by atoms with Gasteiger partial charge in [0.05, 0.1) is 12.0 Å². The second-order valence-corrected chi connectivity index (χ2v) is 6.80. The van der Waals surface area contributed by atoms with Crippen LogP contribution >= 0.6 is 27.9 Å². The van der Waals surface area contributed by atoms with Crippen molar-refractivity contribution in [3.8, 4) is 11.5 Å². The van der Waals surface area contributed by atoms with E-state index in [0.717, 1.165) is 34.0 Å². The Bertz CT molecular complexity index is 618. The van der Waals surface area contributed by atoms with Gasteiger partial charge in [-0.2, -0.15) is 0 Å². The van der Waals surface area contributed by atoms with Crippen LogP contribution in [0.5, 0.6) is 11.5 Å². The van der Waals surface area contributed by atoms with E-state index in [1.807, 2.05) is 24.3 Å². The minimum Gasteiger partial charge on any atom is -0.497 e. The number of nitrogens with zero attached hydrogens (tertiary/aromatic N) is 1. The molecule has 110 valence electrons. The first-order chi connectivity index (χ1) is 10.2. The summed E-state index contributed by atoms with van der Waals surface area (Å²) in [5.41, 5.74) is 1.27. The predicted octanol–water partition coefficient (Wildman–Crippen LogP) is 4.36. The van der Waals surface area contributed by atoms with Gasteiger partial charge in [-0.05, 0) is 47.8 Å². The molecule has 21 heavy (non-hydrogen) atoms. The Balaban J connectivity index is 1.72. The third kappa shape index (κ3) is 3.73. The van der Waals surface area contributed by atoms with Crippen molar-refractivity contribution in [2.45, 2.75) is 11.4 Å². The molecular formula is C16H16BrNO2S. The predicted molar refractivity (Wildman–Crippen MR) is 88.9 cm³/mol. The molecule has 0 atom stereocenters. The number of benzene rings is 2. The van der Waals surface area contributed by atoms with Gasteiger partial charge in [0.15, 0.2) is 0 Å². The zero-order valence-electron chi connectivity index (χ0n) is 11.7. The number of hydrogen-bond donors (Lipinski definition) is 0. The lowest BCUT2D eigenvalue weighted by atomic mass is 10.2. The fourth-order valence-electron chi connectivity index (χ4n) is 2.16. The summed E-state index contributed by atoms with van der Waals surface area (Å²) in [6, 6.07) is 14.4. The zero-order chi connectivity index (χ0) is 14.7. The van der Waals surface area contributed by atoms with Crippen molar-refractivity contribution in [2.24, 2.45) is 0 Å². The molecule has 1 aliphatic heterocycles. The summed E-state index contributed by atoms with van der Waals surface area (Å²) in [6.45, 7) is 2.48. The molecule has 3 nitrogen and oxygen atoms in total. The summed E-state index contributed by atoms with van der Waals surface area (Å²) < 4.78 is 14.4. The lowest BCUT2D eigenvalue weighted by molar-refractivity contribution is 0.283. The van der Waals surface area contributed by atoms with Gasteiger partial charge in [0, 0.05) is 17.6 Å². The molecule has 0 N–H and O–H groups in total. The van der Waals surface area contributed by atoms with E-state index in [9.17, 15) is 0 Å². The number of hydrogen-bond acceptors (Lipinski definition) is 4. The molecule has 0 spiro atoms. The zero-order valence-corrected chi connectivity index (χ0v) is 14.1. The topological polar surface area (TPSA) is 21.7 Å². The van der Waals surface area contributed by atoms with Gasteiger partial charge >= 0.3 is 0 Å². The second kappa shape index (κ2) is 6.73. The highest BCUT2D eigenvalue weighted by atomic mass is 79.9. The van der Waals surface area contributed by atoms with E-state index >= 15 is 0 Å². The Hall–Kier alpha value is -1.17. The molecule has 0 aromatic heterocycles. The molecule has 1 aliphatic rings. The SMILES string of the molecule is COc1ccc(CN2CCOc3cc(Br)ccc3S2)cc1. The van der Waals surface area contributed by atoms with E-state index in [1.165, 1.54) is 5.56 Å². The minimum absolute atomic E-state index is 0.701. The van der Waals surface area contributed by atoms with Crippen LogP contribution in [0.2, 0.25) is 0 Å². The standard InChI is InChI=1S/C16H16BrNO2S/c1-19-14-5-2-12(3-6-14)11-18-8-9-20-15-10-13(17)4-7-16(15)21-18/h2-7,10H,8-9,11H2,1H3. The van der Waals surface area contributed by atoms with Crippen LogP contribution in [0.4, 0.5) is 0 Å². The van der Waals surface area contributed by atoms with Crippen molar-refractivity contribution in [3.05, 3.63) is 52.5 Å². The normalized spacial score (nSPS) is 15.0. The second-order valence-electron chi connectivity index (χ2n) is 4.74. The van der Waals surface area contributed by atoms with E-state index in [0.29, 0.717) is 6.61 Å². The molecule has 1 heterocycles. The first kappa shape index (κ1) is 14.8. The van der Waals surface area contributed by atoms with Crippen molar-refractivity contribution >= 4 is 27.9 Å². The van der Waals surface area contributed by atoms with Crippen LogP contribution < -0.4 is 9.47 Å². The van der Waals surface area contributed by atoms with E-state index < -0.39 is 0 Å². The van der Waals surface area contributed by atoms with Gasteiger partial charge in [-0.25, -0.2) is 4.31 Å². The highest BCUT2D eigenvalue weighted by molar-refractivity contribution is 9.10. The van der Waals surface area contributed by atoms with Gasteiger partial charge in [-0.3, -0.25) is 0 Å². The lowest BCUT2D eigenvalue weighted by Crippen LogP contribution is -2.19. The highest BCUT2D eigenvalue weighted by Gasteiger charge is 2.16. The highest BCUT2D eigenvalue weighted by Crippen LogP contribution is 2.36. The average Bonchev–Trinajstić information content (AvgIpc) is 2.69. The Morgan fingerprint density at radius 1 is 1.24 bits per heavy atom. The van der Waals surface area contributed by atoms with Gasteiger partial charge in [0.2, 0.25) is 0 Å². The number of ether oxygens (including phenoxy) is 2. The van der Waals surface area contributed by atoms with Gasteiger partial charge < -0.3 is 9.47 Å².